The van der Waals surface area contributed by atoms with Gasteiger partial charge >= 0.3 is 6.09 Å². The summed E-state index contributed by atoms with van der Waals surface area (Å²) in [5.41, 5.74) is 5.94. The number of hydrogen-bond donors (Lipinski definition) is 1. The summed E-state index contributed by atoms with van der Waals surface area (Å²) in [5, 5.41) is 4.02. The number of rotatable bonds is 1. The third-order valence-corrected chi connectivity index (χ3v) is 1.85. The SMILES string of the molecule is NC(=O)Oc1cc2n(n1)CCC2. The maximum atomic E-state index is 10.3. The molecular weight excluding hydrogens is 158 g/mol. The number of nitrogens with zero attached hydrogens (tertiary/aromatic N) is 2. The molecule has 0 aromatic carbocycles. The molecule has 1 amide bonds. The van der Waals surface area contributed by atoms with Crippen LogP contribution in [0.25, 0.3) is 0 Å². The van der Waals surface area contributed by atoms with Crippen molar-refractivity contribution in [2.75, 3.05) is 0 Å². The minimum Gasteiger partial charge on any atom is -0.390 e. The van der Waals surface area contributed by atoms with Crippen molar-refractivity contribution in [3.05, 3.63) is 11.8 Å². The molecule has 0 spiro atoms. The van der Waals surface area contributed by atoms with Gasteiger partial charge in [0.2, 0.25) is 5.88 Å². The number of hydrogen-bond acceptors (Lipinski definition) is 3. The Morgan fingerprint density at radius 2 is 2.58 bits per heavy atom. The average molecular weight is 167 g/mol. The van der Waals surface area contributed by atoms with E-state index >= 15 is 0 Å². The maximum Gasteiger partial charge on any atom is 0.411 e. The molecule has 5 heteroatoms. The molecule has 2 rings (SSSR count). The van der Waals surface area contributed by atoms with E-state index in [1.54, 1.807) is 6.07 Å². The molecule has 2 N–H and O–H groups in total. The Kier molecular flexibility index (Phi) is 1.49. The Bertz CT molecular complexity index is 297. The number of aryl methyl sites for hydroxylation is 2. The number of nitrogens with two attached hydrogens (primary N) is 1. The molecule has 0 bridgehead atoms. The van der Waals surface area contributed by atoms with Crippen LogP contribution >= 0.6 is 0 Å². The molecule has 0 atom stereocenters. The van der Waals surface area contributed by atoms with Gasteiger partial charge in [-0.1, -0.05) is 0 Å². The number of amides is 1. The van der Waals surface area contributed by atoms with Crippen LogP contribution in [-0.4, -0.2) is 15.9 Å². The Morgan fingerprint density at radius 1 is 1.75 bits per heavy atom. The van der Waals surface area contributed by atoms with E-state index in [0.29, 0.717) is 5.88 Å². The van der Waals surface area contributed by atoms with Gasteiger partial charge in [-0.05, 0) is 12.8 Å². The van der Waals surface area contributed by atoms with Crippen LogP contribution in [-0.2, 0) is 13.0 Å². The minimum atomic E-state index is -0.813. The van der Waals surface area contributed by atoms with Crippen LogP contribution in [0.15, 0.2) is 6.07 Å². The number of primary amides is 1. The standard InChI is InChI=1S/C7H9N3O2/c8-7(11)12-6-4-5-2-1-3-10(5)9-6/h4H,1-3H2,(H2,8,11). The number of fused-ring (bicyclic) bond motifs is 1. The summed E-state index contributed by atoms with van der Waals surface area (Å²) in [4.78, 5) is 10.3. The highest BCUT2D eigenvalue weighted by molar-refractivity contribution is 5.67. The Balaban J connectivity index is 2.20. The van der Waals surface area contributed by atoms with E-state index < -0.39 is 6.09 Å². The highest BCUT2D eigenvalue weighted by atomic mass is 16.6. The summed E-state index contributed by atoms with van der Waals surface area (Å²) in [7, 11) is 0. The Hall–Kier alpha value is -1.52. The molecule has 2 heterocycles. The van der Waals surface area contributed by atoms with Crippen LogP contribution in [0.5, 0.6) is 5.88 Å². The second-order valence-corrected chi connectivity index (χ2v) is 2.72. The quantitative estimate of drug-likeness (QED) is 0.653. The van der Waals surface area contributed by atoms with Gasteiger partial charge in [-0.15, -0.1) is 5.10 Å². The first kappa shape index (κ1) is 7.15. The van der Waals surface area contributed by atoms with Crippen molar-refractivity contribution < 1.29 is 9.53 Å². The van der Waals surface area contributed by atoms with Gasteiger partial charge in [-0.3, -0.25) is 4.68 Å². The summed E-state index contributed by atoms with van der Waals surface area (Å²) < 4.78 is 6.45. The molecule has 0 unspecified atom stereocenters. The highest BCUT2D eigenvalue weighted by Gasteiger charge is 2.14. The van der Waals surface area contributed by atoms with Crippen molar-refractivity contribution in [2.24, 2.45) is 5.73 Å². The van der Waals surface area contributed by atoms with E-state index in [9.17, 15) is 4.79 Å². The second kappa shape index (κ2) is 2.51. The zero-order valence-electron chi connectivity index (χ0n) is 6.49. The van der Waals surface area contributed by atoms with Crippen LogP contribution in [0.4, 0.5) is 4.79 Å². The summed E-state index contributed by atoms with van der Waals surface area (Å²) in [6, 6.07) is 1.75. The third kappa shape index (κ3) is 1.13. The average Bonchev–Trinajstić information content (AvgIpc) is 2.43. The summed E-state index contributed by atoms with van der Waals surface area (Å²) in [6.07, 6.45) is 1.29. The predicted octanol–water partition coefficient (Wildman–Crippen LogP) is 0.287. The lowest BCUT2D eigenvalue weighted by molar-refractivity contribution is 0.208. The largest absolute Gasteiger partial charge is 0.411 e. The van der Waals surface area contributed by atoms with Gasteiger partial charge in [0.25, 0.3) is 0 Å². The molecule has 1 aliphatic heterocycles. The van der Waals surface area contributed by atoms with E-state index in [1.807, 2.05) is 4.68 Å². The third-order valence-electron chi connectivity index (χ3n) is 1.85. The van der Waals surface area contributed by atoms with Gasteiger partial charge in [0.1, 0.15) is 0 Å². The van der Waals surface area contributed by atoms with Crippen LogP contribution in [0.1, 0.15) is 12.1 Å². The molecule has 0 radical (unpaired) electrons. The number of aromatic nitrogens is 2. The monoisotopic (exact) mass is 167 g/mol. The molecule has 1 aliphatic rings. The first-order valence-corrected chi connectivity index (χ1v) is 3.80. The van der Waals surface area contributed by atoms with Crippen molar-refractivity contribution in [1.29, 1.82) is 0 Å². The van der Waals surface area contributed by atoms with Gasteiger partial charge in [0.05, 0.1) is 0 Å². The van der Waals surface area contributed by atoms with Crippen LogP contribution < -0.4 is 10.5 Å². The van der Waals surface area contributed by atoms with Crippen molar-refractivity contribution in [3.63, 3.8) is 0 Å². The Morgan fingerprint density at radius 3 is 3.25 bits per heavy atom. The van der Waals surface area contributed by atoms with Crippen molar-refractivity contribution in [2.45, 2.75) is 19.4 Å². The summed E-state index contributed by atoms with van der Waals surface area (Å²) in [6.45, 7) is 0.900. The lowest BCUT2D eigenvalue weighted by Gasteiger charge is -1.93. The molecular formula is C7H9N3O2. The maximum absolute atomic E-state index is 10.3. The summed E-state index contributed by atoms with van der Waals surface area (Å²) >= 11 is 0. The van der Waals surface area contributed by atoms with Crippen molar-refractivity contribution in [3.8, 4) is 5.88 Å². The van der Waals surface area contributed by atoms with Crippen LogP contribution in [0, 0.1) is 0 Å². The molecule has 64 valence electrons. The van der Waals surface area contributed by atoms with E-state index in [4.69, 9.17) is 5.73 Å². The molecule has 1 aromatic rings. The van der Waals surface area contributed by atoms with Gasteiger partial charge in [-0.25, -0.2) is 4.79 Å². The van der Waals surface area contributed by atoms with E-state index in [-0.39, 0.29) is 0 Å². The Labute approximate surface area is 69.1 Å². The molecule has 0 saturated heterocycles. The number of carbonyl (C=O) groups excluding carboxylic acids is 1. The summed E-state index contributed by atoms with van der Waals surface area (Å²) in [5.74, 6) is 0.303. The zero-order chi connectivity index (χ0) is 8.55. The topological polar surface area (TPSA) is 70.1 Å². The van der Waals surface area contributed by atoms with Gasteiger partial charge < -0.3 is 10.5 Å². The predicted molar refractivity (Wildman–Crippen MR) is 40.8 cm³/mol. The molecule has 0 aliphatic carbocycles. The van der Waals surface area contributed by atoms with Crippen molar-refractivity contribution in [1.82, 2.24) is 9.78 Å². The van der Waals surface area contributed by atoms with Gasteiger partial charge in [-0.2, -0.15) is 0 Å². The molecule has 12 heavy (non-hydrogen) atoms. The minimum absolute atomic E-state index is 0.303. The van der Waals surface area contributed by atoms with Crippen LogP contribution in [0.2, 0.25) is 0 Å². The first-order valence-electron chi connectivity index (χ1n) is 3.80. The van der Waals surface area contributed by atoms with Crippen molar-refractivity contribution >= 4 is 6.09 Å². The number of carbonyl (C=O) groups is 1. The van der Waals surface area contributed by atoms with E-state index in [2.05, 4.69) is 9.84 Å². The molecule has 1 aromatic heterocycles. The fraction of sp³-hybridized carbons (Fsp3) is 0.429. The van der Waals surface area contributed by atoms with Crippen LogP contribution in [0.3, 0.4) is 0 Å². The lowest BCUT2D eigenvalue weighted by atomic mass is 10.3. The van der Waals surface area contributed by atoms with Gasteiger partial charge in [0.15, 0.2) is 0 Å². The first-order chi connectivity index (χ1) is 5.75. The molecule has 0 fully saturated rings. The lowest BCUT2D eigenvalue weighted by Crippen LogP contribution is -2.16. The zero-order valence-corrected chi connectivity index (χ0v) is 6.49. The second-order valence-electron chi connectivity index (χ2n) is 2.72. The number of ether oxygens (including phenoxy) is 1. The van der Waals surface area contributed by atoms with Gasteiger partial charge in [0, 0.05) is 18.3 Å². The van der Waals surface area contributed by atoms with E-state index in [1.165, 1.54) is 0 Å². The molecule has 0 saturated carbocycles. The smallest absolute Gasteiger partial charge is 0.390 e. The fourth-order valence-corrected chi connectivity index (χ4v) is 1.39. The normalized spacial score (nSPS) is 14.3. The van der Waals surface area contributed by atoms with E-state index in [0.717, 1.165) is 25.1 Å². The highest BCUT2D eigenvalue weighted by Crippen LogP contribution is 2.19. The fourth-order valence-electron chi connectivity index (χ4n) is 1.39. The molecule has 5 nitrogen and oxygen atoms in total.